The highest BCUT2D eigenvalue weighted by atomic mass is 35.5. The van der Waals surface area contributed by atoms with Crippen molar-refractivity contribution in [2.75, 3.05) is 5.32 Å². The zero-order chi connectivity index (χ0) is 15.2. The van der Waals surface area contributed by atoms with E-state index >= 15 is 0 Å². The van der Waals surface area contributed by atoms with Crippen LogP contribution in [0.1, 0.15) is 5.56 Å². The molecule has 0 aliphatic carbocycles. The Hall–Kier alpha value is -2.73. The molecule has 2 aromatic rings. The van der Waals surface area contributed by atoms with Crippen LogP contribution in [0.3, 0.4) is 0 Å². The number of halogens is 1. The second-order valence-corrected chi connectivity index (χ2v) is 4.47. The third kappa shape index (κ3) is 4.39. The summed E-state index contributed by atoms with van der Waals surface area (Å²) in [6.07, 6.45) is 4.34. The minimum atomic E-state index is -0.481. The lowest BCUT2D eigenvalue weighted by atomic mass is 10.2. The van der Waals surface area contributed by atoms with Crippen LogP contribution in [0.5, 0.6) is 0 Å². The Morgan fingerprint density at radius 2 is 2.00 bits per heavy atom. The molecular weight excluding hydrogens is 294 g/mol. The van der Waals surface area contributed by atoms with Crippen LogP contribution < -0.4 is 5.32 Å². The number of hydrogen-bond acceptors (Lipinski definition) is 4. The first kappa shape index (κ1) is 14.7. The van der Waals surface area contributed by atoms with Crippen molar-refractivity contribution in [3.63, 3.8) is 0 Å². The number of nitrogens with zero attached hydrogens (tertiary/aromatic N) is 2. The maximum Gasteiger partial charge on any atom is 0.269 e. The first-order valence-corrected chi connectivity index (χ1v) is 6.27. The third-order valence-electron chi connectivity index (χ3n) is 2.50. The Morgan fingerprint density at radius 1 is 1.29 bits per heavy atom. The summed E-state index contributed by atoms with van der Waals surface area (Å²) in [4.78, 5) is 25.7. The van der Waals surface area contributed by atoms with Crippen molar-refractivity contribution >= 4 is 35.1 Å². The summed E-state index contributed by atoms with van der Waals surface area (Å²) in [6.45, 7) is 0. The van der Waals surface area contributed by atoms with Gasteiger partial charge in [-0.3, -0.25) is 14.9 Å². The molecule has 0 radical (unpaired) electrons. The summed E-state index contributed by atoms with van der Waals surface area (Å²) in [5, 5.41) is 13.5. The number of nitrogens with one attached hydrogen (secondary N) is 1. The fraction of sp³-hybridized carbons (Fsp3) is 0. The molecule has 0 unspecified atom stereocenters. The first-order chi connectivity index (χ1) is 10.0. The molecule has 0 saturated heterocycles. The van der Waals surface area contributed by atoms with Crippen LogP contribution in [0, 0.1) is 10.1 Å². The maximum atomic E-state index is 11.7. The van der Waals surface area contributed by atoms with E-state index in [9.17, 15) is 14.9 Å². The molecule has 0 aliphatic rings. The van der Waals surface area contributed by atoms with E-state index in [-0.39, 0.29) is 11.6 Å². The fourth-order valence-electron chi connectivity index (χ4n) is 1.52. The number of amides is 1. The number of pyridine rings is 1. The SMILES string of the molecule is O=C(/C=C/c1ccc([N+](=O)[O-])cc1)Nc1cc(Cl)ccn1. The van der Waals surface area contributed by atoms with E-state index in [0.717, 1.165) is 0 Å². The molecule has 106 valence electrons. The summed E-state index contributed by atoms with van der Waals surface area (Å²) in [5.74, 6) is -0.0241. The lowest BCUT2D eigenvalue weighted by Crippen LogP contribution is -2.08. The molecular formula is C14H10ClN3O3. The Bertz CT molecular complexity index is 699. The van der Waals surface area contributed by atoms with Crippen molar-refractivity contribution in [1.29, 1.82) is 0 Å². The molecule has 1 amide bonds. The number of hydrogen-bond donors (Lipinski definition) is 1. The minimum Gasteiger partial charge on any atom is -0.307 e. The van der Waals surface area contributed by atoms with Gasteiger partial charge in [0.15, 0.2) is 0 Å². The van der Waals surface area contributed by atoms with E-state index in [1.165, 1.54) is 30.5 Å². The zero-order valence-electron chi connectivity index (χ0n) is 10.7. The van der Waals surface area contributed by atoms with Crippen LogP contribution in [0.2, 0.25) is 5.02 Å². The molecule has 7 heteroatoms. The van der Waals surface area contributed by atoms with Gasteiger partial charge in [-0.1, -0.05) is 11.6 Å². The molecule has 2 rings (SSSR count). The average molecular weight is 304 g/mol. The second kappa shape index (κ2) is 6.62. The maximum absolute atomic E-state index is 11.7. The van der Waals surface area contributed by atoms with Crippen molar-refractivity contribution in [2.24, 2.45) is 0 Å². The Kier molecular flexibility index (Phi) is 4.63. The lowest BCUT2D eigenvalue weighted by Gasteiger charge is -2.00. The van der Waals surface area contributed by atoms with Crippen LogP contribution in [0.4, 0.5) is 11.5 Å². The van der Waals surface area contributed by atoms with Gasteiger partial charge < -0.3 is 5.32 Å². The summed E-state index contributed by atoms with van der Waals surface area (Å²) in [5.41, 5.74) is 0.675. The van der Waals surface area contributed by atoms with E-state index in [0.29, 0.717) is 16.4 Å². The Morgan fingerprint density at radius 3 is 2.62 bits per heavy atom. The van der Waals surface area contributed by atoms with Crippen molar-refractivity contribution in [2.45, 2.75) is 0 Å². The molecule has 6 nitrogen and oxygen atoms in total. The number of aromatic nitrogens is 1. The molecule has 1 aromatic carbocycles. The van der Waals surface area contributed by atoms with E-state index < -0.39 is 4.92 Å². The Balaban J connectivity index is 2.00. The topological polar surface area (TPSA) is 85.1 Å². The minimum absolute atomic E-state index is 0.000251. The monoisotopic (exact) mass is 303 g/mol. The zero-order valence-corrected chi connectivity index (χ0v) is 11.4. The molecule has 0 atom stereocenters. The van der Waals surface area contributed by atoms with Crippen molar-refractivity contribution in [3.05, 3.63) is 69.4 Å². The number of non-ortho nitro benzene ring substituents is 1. The van der Waals surface area contributed by atoms with Gasteiger partial charge in [-0.15, -0.1) is 0 Å². The number of carbonyl (C=O) groups excluding carboxylic acids is 1. The van der Waals surface area contributed by atoms with Gasteiger partial charge in [0.2, 0.25) is 5.91 Å². The number of nitro benzene ring substituents is 1. The highest BCUT2D eigenvalue weighted by molar-refractivity contribution is 6.30. The smallest absolute Gasteiger partial charge is 0.269 e. The van der Waals surface area contributed by atoms with Gasteiger partial charge in [0.05, 0.1) is 4.92 Å². The molecule has 0 spiro atoms. The van der Waals surface area contributed by atoms with Gasteiger partial charge in [0.25, 0.3) is 5.69 Å². The van der Waals surface area contributed by atoms with Gasteiger partial charge in [-0.2, -0.15) is 0 Å². The van der Waals surface area contributed by atoms with Crippen LogP contribution in [0.25, 0.3) is 6.08 Å². The predicted molar refractivity (Wildman–Crippen MR) is 80.0 cm³/mol. The molecule has 0 bridgehead atoms. The predicted octanol–water partition coefficient (Wildman–Crippen LogP) is 3.30. The number of nitro groups is 1. The van der Waals surface area contributed by atoms with Crippen molar-refractivity contribution < 1.29 is 9.72 Å². The summed E-state index contributed by atoms with van der Waals surface area (Å²) in [7, 11) is 0. The number of anilines is 1. The summed E-state index contributed by atoms with van der Waals surface area (Å²) in [6, 6.07) is 8.98. The van der Waals surface area contributed by atoms with Crippen molar-refractivity contribution in [1.82, 2.24) is 4.98 Å². The van der Waals surface area contributed by atoms with Gasteiger partial charge in [-0.05, 0) is 35.9 Å². The summed E-state index contributed by atoms with van der Waals surface area (Å²) >= 11 is 5.78. The number of carbonyl (C=O) groups is 1. The average Bonchev–Trinajstić information content (AvgIpc) is 2.45. The molecule has 0 saturated carbocycles. The van der Waals surface area contributed by atoms with E-state index in [1.807, 2.05) is 0 Å². The molecule has 0 fully saturated rings. The first-order valence-electron chi connectivity index (χ1n) is 5.90. The lowest BCUT2D eigenvalue weighted by molar-refractivity contribution is -0.384. The molecule has 21 heavy (non-hydrogen) atoms. The van der Waals surface area contributed by atoms with Gasteiger partial charge in [-0.25, -0.2) is 4.98 Å². The normalized spacial score (nSPS) is 10.5. The second-order valence-electron chi connectivity index (χ2n) is 4.03. The van der Waals surface area contributed by atoms with Gasteiger partial charge in [0.1, 0.15) is 5.82 Å². The van der Waals surface area contributed by atoms with Crippen LogP contribution >= 0.6 is 11.6 Å². The standard InChI is InChI=1S/C14H10ClN3O3/c15-11-7-8-16-13(9-11)17-14(19)6-3-10-1-4-12(5-2-10)18(20)21/h1-9H,(H,16,17,19)/b6-3+. The van der Waals surface area contributed by atoms with Crippen LogP contribution in [-0.4, -0.2) is 15.8 Å². The molecule has 1 heterocycles. The Labute approximate surface area is 125 Å². The summed E-state index contributed by atoms with van der Waals surface area (Å²) < 4.78 is 0. The van der Waals surface area contributed by atoms with Gasteiger partial charge >= 0.3 is 0 Å². The largest absolute Gasteiger partial charge is 0.307 e. The van der Waals surface area contributed by atoms with Gasteiger partial charge in [0, 0.05) is 29.4 Å². The quantitative estimate of drug-likeness (QED) is 0.533. The highest BCUT2D eigenvalue weighted by Crippen LogP contribution is 2.14. The molecule has 1 N–H and O–H groups in total. The third-order valence-corrected chi connectivity index (χ3v) is 2.74. The van der Waals surface area contributed by atoms with Crippen LogP contribution in [0.15, 0.2) is 48.7 Å². The van der Waals surface area contributed by atoms with Crippen molar-refractivity contribution in [3.8, 4) is 0 Å². The number of rotatable bonds is 4. The van der Waals surface area contributed by atoms with Crippen LogP contribution in [-0.2, 0) is 4.79 Å². The molecule has 1 aromatic heterocycles. The van der Waals surface area contributed by atoms with E-state index in [1.54, 1.807) is 24.3 Å². The van der Waals surface area contributed by atoms with E-state index in [2.05, 4.69) is 10.3 Å². The fourth-order valence-corrected chi connectivity index (χ4v) is 1.68. The highest BCUT2D eigenvalue weighted by Gasteiger charge is 2.03. The molecule has 0 aliphatic heterocycles. The number of benzene rings is 1. The van der Waals surface area contributed by atoms with E-state index in [4.69, 9.17) is 11.6 Å².